The molecule has 0 aromatic heterocycles. The van der Waals surface area contributed by atoms with Crippen LogP contribution in [0.1, 0.15) is 56.6 Å². The minimum absolute atomic E-state index is 0.312. The lowest BCUT2D eigenvalue weighted by Gasteiger charge is -2.19. The molecule has 1 fully saturated rings. The van der Waals surface area contributed by atoms with Gasteiger partial charge in [-0.15, -0.1) is 0 Å². The molecule has 0 atom stereocenters. The number of ether oxygens (including phenoxy) is 2. The molecule has 3 nitrogen and oxygen atoms in total. The number of halogens is 3. The highest BCUT2D eigenvalue weighted by Crippen LogP contribution is 2.35. The van der Waals surface area contributed by atoms with Crippen LogP contribution in [0, 0.1) is 0 Å². The van der Waals surface area contributed by atoms with Crippen molar-refractivity contribution in [2.45, 2.75) is 64.6 Å². The third-order valence-electron chi connectivity index (χ3n) is 5.25. The summed E-state index contributed by atoms with van der Waals surface area (Å²) in [7, 11) is 0. The van der Waals surface area contributed by atoms with E-state index in [-0.39, 0.29) is 0 Å². The zero-order valence-corrected chi connectivity index (χ0v) is 19.0. The van der Waals surface area contributed by atoms with Gasteiger partial charge in [-0.3, -0.25) is 0 Å². The van der Waals surface area contributed by atoms with E-state index in [9.17, 15) is 0 Å². The Bertz CT molecular complexity index is 805. The molecule has 0 bridgehead atoms. The molecule has 0 heterocycles. The van der Waals surface area contributed by atoms with Gasteiger partial charge in [-0.2, -0.15) is 0 Å². The van der Waals surface area contributed by atoms with E-state index in [0.29, 0.717) is 45.8 Å². The Morgan fingerprint density at radius 2 is 1.55 bits per heavy atom. The number of hydrogen-bond acceptors (Lipinski definition) is 3. The monoisotopic (exact) mass is 455 g/mol. The quantitative estimate of drug-likeness (QED) is 0.419. The largest absolute Gasteiger partial charge is 0.490 e. The molecule has 1 aliphatic carbocycles. The first-order chi connectivity index (χ1) is 14.1. The molecule has 1 saturated carbocycles. The van der Waals surface area contributed by atoms with Gasteiger partial charge in [0.2, 0.25) is 0 Å². The summed E-state index contributed by atoms with van der Waals surface area (Å²) in [6.07, 6.45) is 7.76. The Morgan fingerprint density at radius 1 is 0.862 bits per heavy atom. The van der Waals surface area contributed by atoms with Crippen molar-refractivity contribution in [2.24, 2.45) is 0 Å². The van der Waals surface area contributed by atoms with Crippen molar-refractivity contribution in [3.05, 3.63) is 56.5 Å². The van der Waals surface area contributed by atoms with E-state index >= 15 is 0 Å². The second-order valence-corrected chi connectivity index (χ2v) is 8.67. The highest BCUT2D eigenvalue weighted by atomic mass is 35.5. The summed E-state index contributed by atoms with van der Waals surface area (Å²) < 4.78 is 11.8. The van der Waals surface area contributed by atoms with Crippen molar-refractivity contribution in [3.63, 3.8) is 0 Å². The van der Waals surface area contributed by atoms with E-state index in [4.69, 9.17) is 44.3 Å². The zero-order valence-electron chi connectivity index (χ0n) is 16.8. The van der Waals surface area contributed by atoms with E-state index in [1.54, 1.807) is 12.1 Å². The summed E-state index contributed by atoms with van der Waals surface area (Å²) in [6, 6.07) is 9.74. The van der Waals surface area contributed by atoms with Crippen LogP contribution in [0.25, 0.3) is 0 Å². The van der Waals surface area contributed by atoms with Crippen LogP contribution in [0.2, 0.25) is 15.1 Å². The van der Waals surface area contributed by atoms with Gasteiger partial charge in [0.1, 0.15) is 6.61 Å². The van der Waals surface area contributed by atoms with Crippen molar-refractivity contribution in [1.82, 2.24) is 5.32 Å². The fraction of sp³-hybridized carbons (Fsp3) is 0.478. The topological polar surface area (TPSA) is 30.5 Å². The minimum Gasteiger partial charge on any atom is -0.490 e. The van der Waals surface area contributed by atoms with Gasteiger partial charge in [0.15, 0.2) is 11.5 Å². The van der Waals surface area contributed by atoms with Crippen molar-refractivity contribution < 1.29 is 9.47 Å². The summed E-state index contributed by atoms with van der Waals surface area (Å²) in [5, 5.41) is 5.51. The maximum absolute atomic E-state index is 6.57. The SMILES string of the molecule is CCOc1cc(CNC2CCCCCC2)c(Cl)cc1OCc1ccc(Cl)cc1Cl. The summed E-state index contributed by atoms with van der Waals surface area (Å²) in [5.74, 6) is 1.31. The van der Waals surface area contributed by atoms with Gasteiger partial charge in [0.25, 0.3) is 0 Å². The Morgan fingerprint density at radius 3 is 2.24 bits per heavy atom. The highest BCUT2D eigenvalue weighted by molar-refractivity contribution is 6.35. The average Bonchev–Trinajstić information content (AvgIpc) is 2.97. The Labute approximate surface area is 188 Å². The van der Waals surface area contributed by atoms with Gasteiger partial charge in [-0.05, 0) is 43.5 Å². The van der Waals surface area contributed by atoms with Crippen LogP contribution in [-0.4, -0.2) is 12.6 Å². The molecule has 0 spiro atoms. The predicted molar refractivity (Wildman–Crippen MR) is 122 cm³/mol. The molecule has 0 unspecified atom stereocenters. The molecule has 6 heteroatoms. The Balaban J connectivity index is 1.69. The minimum atomic E-state index is 0.312. The lowest BCUT2D eigenvalue weighted by Crippen LogP contribution is -2.28. The van der Waals surface area contributed by atoms with Gasteiger partial charge >= 0.3 is 0 Å². The van der Waals surface area contributed by atoms with Crippen LogP contribution < -0.4 is 14.8 Å². The molecule has 2 aromatic carbocycles. The average molecular weight is 457 g/mol. The standard InChI is InChI=1S/C23H28Cl3NO2/c1-2-28-22-11-17(14-27-19-7-5-3-4-6-8-19)21(26)13-23(22)29-15-16-9-10-18(24)12-20(16)25/h9-13,19,27H,2-8,14-15H2,1H3. The van der Waals surface area contributed by atoms with Crippen molar-refractivity contribution in [2.75, 3.05) is 6.61 Å². The molecule has 0 saturated heterocycles. The Kier molecular flexibility index (Phi) is 8.80. The van der Waals surface area contributed by atoms with E-state index < -0.39 is 0 Å². The second-order valence-electron chi connectivity index (χ2n) is 7.42. The molecule has 0 aliphatic heterocycles. The van der Waals surface area contributed by atoms with Crippen LogP contribution in [0.3, 0.4) is 0 Å². The van der Waals surface area contributed by atoms with Crippen LogP contribution >= 0.6 is 34.8 Å². The summed E-state index contributed by atoms with van der Waals surface area (Å²) >= 11 is 18.8. The van der Waals surface area contributed by atoms with Gasteiger partial charge in [-0.25, -0.2) is 0 Å². The first kappa shape index (κ1) is 22.6. The second kappa shape index (κ2) is 11.3. The summed E-state index contributed by atoms with van der Waals surface area (Å²) in [5.41, 5.74) is 1.88. The van der Waals surface area contributed by atoms with E-state index in [0.717, 1.165) is 17.7 Å². The lowest BCUT2D eigenvalue weighted by molar-refractivity contribution is 0.269. The van der Waals surface area contributed by atoms with Gasteiger partial charge in [0.05, 0.1) is 6.61 Å². The van der Waals surface area contributed by atoms with Crippen LogP contribution in [0.15, 0.2) is 30.3 Å². The first-order valence-electron chi connectivity index (χ1n) is 10.3. The molecule has 29 heavy (non-hydrogen) atoms. The third kappa shape index (κ3) is 6.68. The Hall–Kier alpha value is -1.13. The van der Waals surface area contributed by atoms with E-state index in [2.05, 4.69) is 5.32 Å². The fourth-order valence-corrected chi connectivity index (χ4v) is 4.31. The maximum Gasteiger partial charge on any atom is 0.163 e. The molecule has 3 rings (SSSR count). The number of nitrogens with one attached hydrogen (secondary N) is 1. The lowest BCUT2D eigenvalue weighted by atomic mass is 10.1. The van der Waals surface area contributed by atoms with Gasteiger partial charge in [-0.1, -0.05) is 66.6 Å². The fourth-order valence-electron chi connectivity index (χ4n) is 3.63. The normalized spacial score (nSPS) is 15.2. The summed E-state index contributed by atoms with van der Waals surface area (Å²) in [6.45, 7) is 3.55. The van der Waals surface area contributed by atoms with Crippen molar-refractivity contribution in [3.8, 4) is 11.5 Å². The molecule has 1 N–H and O–H groups in total. The van der Waals surface area contributed by atoms with Crippen LogP contribution in [0.5, 0.6) is 11.5 Å². The molecule has 1 aliphatic rings. The number of hydrogen-bond donors (Lipinski definition) is 1. The highest BCUT2D eigenvalue weighted by Gasteiger charge is 2.15. The number of rotatable bonds is 8. The molecule has 0 amide bonds. The summed E-state index contributed by atoms with van der Waals surface area (Å²) in [4.78, 5) is 0. The van der Waals surface area contributed by atoms with Gasteiger partial charge in [0, 0.05) is 39.3 Å². The van der Waals surface area contributed by atoms with Crippen molar-refractivity contribution in [1.29, 1.82) is 0 Å². The van der Waals surface area contributed by atoms with Crippen LogP contribution in [0.4, 0.5) is 0 Å². The molecular weight excluding hydrogens is 429 g/mol. The zero-order chi connectivity index (χ0) is 20.6. The molecular formula is C23H28Cl3NO2. The molecule has 2 aromatic rings. The number of benzene rings is 2. The molecule has 0 radical (unpaired) electrons. The maximum atomic E-state index is 6.57. The van der Waals surface area contributed by atoms with Crippen molar-refractivity contribution >= 4 is 34.8 Å². The van der Waals surface area contributed by atoms with Gasteiger partial charge < -0.3 is 14.8 Å². The predicted octanol–water partition coefficient (Wildman–Crippen LogP) is 7.44. The third-order valence-corrected chi connectivity index (χ3v) is 6.19. The van der Waals surface area contributed by atoms with Crippen LogP contribution in [-0.2, 0) is 13.2 Å². The first-order valence-corrected chi connectivity index (χ1v) is 11.5. The molecule has 158 valence electrons. The van der Waals surface area contributed by atoms with E-state index in [1.807, 2.05) is 25.1 Å². The van der Waals surface area contributed by atoms with E-state index in [1.165, 1.54) is 38.5 Å². The smallest absolute Gasteiger partial charge is 0.163 e.